The van der Waals surface area contributed by atoms with Crippen molar-refractivity contribution in [3.8, 4) is 0 Å². The lowest BCUT2D eigenvalue weighted by atomic mass is 10.1. The Morgan fingerprint density at radius 1 is 1.37 bits per heavy atom. The lowest BCUT2D eigenvalue weighted by Crippen LogP contribution is -2.28. The van der Waals surface area contributed by atoms with Gasteiger partial charge >= 0.3 is 0 Å². The molecule has 1 aromatic carbocycles. The fraction of sp³-hybridized carbons (Fsp3) is 0.267. The molecule has 2 rings (SSSR count). The summed E-state index contributed by atoms with van der Waals surface area (Å²) >= 11 is 3.40. The van der Waals surface area contributed by atoms with Crippen LogP contribution in [0.15, 0.2) is 47.1 Å². The number of carbonyl (C=O) groups excluding carboxylic acids is 1. The van der Waals surface area contributed by atoms with Crippen molar-refractivity contribution in [1.82, 2.24) is 9.88 Å². The standard InChI is InChI=1S/C15H17BrN2O/c1-3-18-10-13(16)9-14(18)15(19)17-11(2)12-7-5-4-6-8-12/h4-11H,3H2,1-2H3,(H,17,19)/t11-/m1/s1. The van der Waals surface area contributed by atoms with Crippen molar-refractivity contribution in [2.45, 2.75) is 26.4 Å². The molecule has 0 radical (unpaired) electrons. The van der Waals surface area contributed by atoms with E-state index < -0.39 is 0 Å². The van der Waals surface area contributed by atoms with Crippen LogP contribution in [0.5, 0.6) is 0 Å². The van der Waals surface area contributed by atoms with Crippen LogP contribution in [0.25, 0.3) is 0 Å². The number of hydrogen-bond acceptors (Lipinski definition) is 1. The van der Waals surface area contributed by atoms with Crippen molar-refractivity contribution in [2.24, 2.45) is 0 Å². The van der Waals surface area contributed by atoms with E-state index in [-0.39, 0.29) is 11.9 Å². The quantitative estimate of drug-likeness (QED) is 0.914. The first kappa shape index (κ1) is 13.9. The Hall–Kier alpha value is -1.55. The maximum absolute atomic E-state index is 12.3. The van der Waals surface area contributed by atoms with E-state index in [0.717, 1.165) is 16.6 Å². The smallest absolute Gasteiger partial charge is 0.268 e. The van der Waals surface area contributed by atoms with E-state index in [4.69, 9.17) is 0 Å². The molecular weight excluding hydrogens is 304 g/mol. The molecule has 0 spiro atoms. The van der Waals surface area contributed by atoms with Crippen molar-refractivity contribution < 1.29 is 4.79 Å². The zero-order chi connectivity index (χ0) is 13.8. The molecule has 1 amide bonds. The largest absolute Gasteiger partial charge is 0.344 e. The number of nitrogens with zero attached hydrogens (tertiary/aromatic N) is 1. The van der Waals surface area contributed by atoms with E-state index in [1.807, 2.05) is 61.0 Å². The first-order chi connectivity index (χ1) is 9.11. The molecular formula is C15H17BrN2O. The lowest BCUT2D eigenvalue weighted by Gasteiger charge is -2.15. The van der Waals surface area contributed by atoms with Crippen LogP contribution in [0.3, 0.4) is 0 Å². The molecule has 0 aliphatic heterocycles. The van der Waals surface area contributed by atoms with Gasteiger partial charge in [0.15, 0.2) is 0 Å². The molecule has 1 heterocycles. The zero-order valence-corrected chi connectivity index (χ0v) is 12.6. The van der Waals surface area contributed by atoms with Gasteiger partial charge in [-0.1, -0.05) is 30.3 Å². The number of nitrogens with one attached hydrogen (secondary N) is 1. The maximum atomic E-state index is 12.3. The van der Waals surface area contributed by atoms with Gasteiger partial charge in [-0.15, -0.1) is 0 Å². The van der Waals surface area contributed by atoms with Crippen molar-refractivity contribution in [3.63, 3.8) is 0 Å². The summed E-state index contributed by atoms with van der Waals surface area (Å²) in [5, 5.41) is 3.02. The van der Waals surface area contributed by atoms with Gasteiger partial charge in [0.05, 0.1) is 6.04 Å². The van der Waals surface area contributed by atoms with E-state index in [1.165, 1.54) is 0 Å². The summed E-state index contributed by atoms with van der Waals surface area (Å²) in [5.74, 6) is -0.0519. The third-order valence-electron chi connectivity index (χ3n) is 3.08. The predicted octanol–water partition coefficient (Wildman–Crippen LogP) is 3.76. The van der Waals surface area contributed by atoms with Gasteiger partial charge in [-0.2, -0.15) is 0 Å². The summed E-state index contributed by atoms with van der Waals surface area (Å²) in [6, 6.07) is 11.8. The highest BCUT2D eigenvalue weighted by atomic mass is 79.9. The molecule has 0 saturated carbocycles. The average Bonchev–Trinajstić information content (AvgIpc) is 2.81. The summed E-state index contributed by atoms with van der Waals surface area (Å²) in [7, 11) is 0. The van der Waals surface area contributed by atoms with Crippen molar-refractivity contribution in [1.29, 1.82) is 0 Å². The highest BCUT2D eigenvalue weighted by Gasteiger charge is 2.15. The van der Waals surface area contributed by atoms with E-state index in [0.29, 0.717) is 5.69 Å². The van der Waals surface area contributed by atoms with Crippen molar-refractivity contribution in [3.05, 3.63) is 58.3 Å². The van der Waals surface area contributed by atoms with E-state index in [2.05, 4.69) is 21.2 Å². The third kappa shape index (κ3) is 3.26. The molecule has 3 nitrogen and oxygen atoms in total. The van der Waals surface area contributed by atoms with Gasteiger partial charge in [0, 0.05) is 17.2 Å². The van der Waals surface area contributed by atoms with Crippen LogP contribution in [0.4, 0.5) is 0 Å². The molecule has 4 heteroatoms. The second-order valence-electron chi connectivity index (χ2n) is 4.44. The Labute approximate surface area is 121 Å². The monoisotopic (exact) mass is 320 g/mol. The van der Waals surface area contributed by atoms with Gasteiger partial charge in [0.2, 0.25) is 0 Å². The minimum atomic E-state index is -0.0519. The van der Waals surface area contributed by atoms with E-state index in [9.17, 15) is 4.79 Å². The highest BCUT2D eigenvalue weighted by molar-refractivity contribution is 9.10. The van der Waals surface area contributed by atoms with E-state index >= 15 is 0 Å². The average molecular weight is 321 g/mol. The molecule has 0 aliphatic carbocycles. The summed E-state index contributed by atoms with van der Waals surface area (Å²) in [4.78, 5) is 12.3. The fourth-order valence-corrected chi connectivity index (χ4v) is 2.49. The van der Waals surface area contributed by atoms with E-state index in [1.54, 1.807) is 0 Å². The Morgan fingerprint density at radius 3 is 2.68 bits per heavy atom. The zero-order valence-electron chi connectivity index (χ0n) is 11.1. The van der Waals surface area contributed by atoms with Gasteiger partial charge in [-0.05, 0) is 41.4 Å². The Balaban J connectivity index is 2.13. The van der Waals surface area contributed by atoms with Crippen LogP contribution in [-0.4, -0.2) is 10.5 Å². The van der Waals surface area contributed by atoms with Crippen molar-refractivity contribution >= 4 is 21.8 Å². The Morgan fingerprint density at radius 2 is 2.05 bits per heavy atom. The first-order valence-corrected chi connectivity index (χ1v) is 7.12. The van der Waals surface area contributed by atoms with Gasteiger partial charge in [0.1, 0.15) is 5.69 Å². The highest BCUT2D eigenvalue weighted by Crippen LogP contribution is 2.17. The molecule has 100 valence electrons. The number of aromatic nitrogens is 1. The molecule has 1 N–H and O–H groups in total. The molecule has 0 unspecified atom stereocenters. The summed E-state index contributed by atoms with van der Waals surface area (Å²) in [6.07, 6.45) is 1.92. The van der Waals surface area contributed by atoms with Crippen LogP contribution in [0.2, 0.25) is 0 Å². The van der Waals surface area contributed by atoms with Crippen LogP contribution in [0, 0.1) is 0 Å². The van der Waals surface area contributed by atoms with Crippen LogP contribution < -0.4 is 5.32 Å². The van der Waals surface area contributed by atoms with Crippen molar-refractivity contribution in [2.75, 3.05) is 0 Å². The number of aryl methyl sites for hydroxylation is 1. The van der Waals surface area contributed by atoms with Crippen LogP contribution in [0.1, 0.15) is 35.9 Å². The van der Waals surface area contributed by atoms with Crippen LogP contribution >= 0.6 is 15.9 Å². The Kier molecular flexibility index (Phi) is 4.43. The van der Waals surface area contributed by atoms with Gasteiger partial charge in [-0.3, -0.25) is 4.79 Å². The SMILES string of the molecule is CCn1cc(Br)cc1C(=O)N[C@H](C)c1ccccc1. The minimum Gasteiger partial charge on any atom is -0.344 e. The number of carbonyl (C=O) groups is 1. The number of benzene rings is 1. The maximum Gasteiger partial charge on any atom is 0.268 e. The second-order valence-corrected chi connectivity index (χ2v) is 5.35. The van der Waals surface area contributed by atoms with Gasteiger partial charge < -0.3 is 9.88 Å². The predicted molar refractivity (Wildman–Crippen MR) is 80.1 cm³/mol. The van der Waals surface area contributed by atoms with Gasteiger partial charge in [0.25, 0.3) is 5.91 Å². The number of rotatable bonds is 4. The molecule has 1 atom stereocenters. The fourth-order valence-electron chi connectivity index (χ4n) is 2.02. The van der Waals surface area contributed by atoms with Crippen LogP contribution in [-0.2, 0) is 6.54 Å². The summed E-state index contributed by atoms with van der Waals surface area (Å²) < 4.78 is 2.85. The minimum absolute atomic E-state index is 0.00678. The molecule has 0 bridgehead atoms. The molecule has 0 saturated heterocycles. The lowest BCUT2D eigenvalue weighted by molar-refractivity contribution is 0.0930. The molecule has 0 fully saturated rings. The molecule has 19 heavy (non-hydrogen) atoms. The summed E-state index contributed by atoms with van der Waals surface area (Å²) in [5.41, 5.74) is 1.78. The number of hydrogen-bond donors (Lipinski definition) is 1. The molecule has 1 aromatic heterocycles. The number of amides is 1. The van der Waals surface area contributed by atoms with Gasteiger partial charge in [-0.25, -0.2) is 0 Å². The Bertz CT molecular complexity index is 563. The molecule has 0 aliphatic rings. The number of halogens is 1. The summed E-state index contributed by atoms with van der Waals surface area (Å²) in [6.45, 7) is 4.78. The third-order valence-corrected chi connectivity index (χ3v) is 3.52. The first-order valence-electron chi connectivity index (χ1n) is 6.33. The normalized spacial score (nSPS) is 12.2. The molecule has 2 aromatic rings. The topological polar surface area (TPSA) is 34.0 Å². The second kappa shape index (κ2) is 6.06.